The molecule has 2 aliphatic rings. The lowest BCUT2D eigenvalue weighted by Gasteiger charge is -2.38. The number of ether oxygens (including phenoxy) is 2. The second-order valence-corrected chi connectivity index (χ2v) is 9.70. The number of hydrogen-bond acceptors (Lipinski definition) is 4. The number of piperidine rings is 1. The number of aromatic amines is 1. The summed E-state index contributed by atoms with van der Waals surface area (Å²) < 4.78 is 11.8. The molecule has 1 aromatic carbocycles. The summed E-state index contributed by atoms with van der Waals surface area (Å²) in [6.07, 6.45) is 13.3. The van der Waals surface area contributed by atoms with E-state index in [4.69, 9.17) is 9.47 Å². The lowest BCUT2D eigenvalue weighted by Crippen LogP contribution is -2.42. The summed E-state index contributed by atoms with van der Waals surface area (Å²) >= 11 is 2.31. The van der Waals surface area contributed by atoms with E-state index in [2.05, 4.69) is 69.8 Å². The topological polar surface area (TPSA) is 40.7 Å². The molecular weight excluding hydrogens is 525 g/mol. The van der Waals surface area contributed by atoms with E-state index < -0.39 is 0 Å². The Morgan fingerprint density at radius 3 is 2.36 bits per heavy atom. The first kappa shape index (κ1) is 28.4. The number of rotatable bonds is 7. The van der Waals surface area contributed by atoms with Gasteiger partial charge in [0, 0.05) is 29.7 Å². The van der Waals surface area contributed by atoms with Crippen LogP contribution in [0.4, 0.5) is 0 Å². The van der Waals surface area contributed by atoms with Crippen molar-refractivity contribution in [3.8, 4) is 5.75 Å². The number of alkyl halides is 1. The Labute approximate surface area is 215 Å². The summed E-state index contributed by atoms with van der Waals surface area (Å²) in [5.74, 6) is 0.915. The van der Waals surface area contributed by atoms with Crippen molar-refractivity contribution in [2.24, 2.45) is 0 Å². The first-order valence-corrected chi connectivity index (χ1v) is 14.3. The molecule has 1 aliphatic heterocycles. The molecule has 188 valence electrons. The molecule has 1 N–H and O–H groups in total. The first-order valence-electron chi connectivity index (χ1n) is 12.8. The molecule has 0 atom stereocenters. The van der Waals surface area contributed by atoms with Gasteiger partial charge < -0.3 is 24.3 Å². The summed E-state index contributed by atoms with van der Waals surface area (Å²) in [5.41, 5.74) is 2.53. The smallest absolute Gasteiger partial charge is 0.119 e. The number of fused-ring (bicyclic) bond motifs is 1. The van der Waals surface area contributed by atoms with Gasteiger partial charge in [0.25, 0.3) is 0 Å². The standard InChI is InChI=1S/C13H18N2O.C12H22INO.C2H6/c1-15(2)7-6-10-9-14-13-5-4-11(16-3)8-12(10)13;13-10-15-12-6-4-11(5-7-12)14-8-2-1-3-9-14;1-2/h4-5,8-9,14H,6-7H2,1-3H3;11-12H,1-10H2;1-2H3. The summed E-state index contributed by atoms with van der Waals surface area (Å²) in [6, 6.07) is 7.01. The van der Waals surface area contributed by atoms with E-state index in [1.165, 1.54) is 74.5 Å². The minimum absolute atomic E-state index is 0.558. The van der Waals surface area contributed by atoms with Crippen LogP contribution in [-0.2, 0) is 11.2 Å². The molecule has 0 radical (unpaired) electrons. The minimum Gasteiger partial charge on any atom is -0.497 e. The van der Waals surface area contributed by atoms with Crippen LogP contribution in [0.25, 0.3) is 10.9 Å². The van der Waals surface area contributed by atoms with Gasteiger partial charge in [0.15, 0.2) is 0 Å². The normalized spacial score (nSPS) is 21.2. The summed E-state index contributed by atoms with van der Waals surface area (Å²) in [4.78, 5) is 8.21. The maximum atomic E-state index is 5.69. The van der Waals surface area contributed by atoms with Gasteiger partial charge in [-0.25, -0.2) is 0 Å². The molecule has 4 rings (SSSR count). The average Bonchev–Trinajstić information content (AvgIpc) is 3.28. The number of aromatic nitrogens is 1. The van der Waals surface area contributed by atoms with Crippen LogP contribution in [0.15, 0.2) is 24.4 Å². The fraction of sp³-hybridized carbons (Fsp3) is 0.704. The molecule has 1 aromatic heterocycles. The van der Waals surface area contributed by atoms with Crippen molar-refractivity contribution in [3.63, 3.8) is 0 Å². The highest BCUT2D eigenvalue weighted by molar-refractivity contribution is 14.1. The Morgan fingerprint density at radius 2 is 1.76 bits per heavy atom. The van der Waals surface area contributed by atoms with Gasteiger partial charge in [-0.05, 0) is 95.9 Å². The number of nitrogens with one attached hydrogen (secondary N) is 1. The third-order valence-electron chi connectivity index (χ3n) is 6.65. The highest BCUT2D eigenvalue weighted by Crippen LogP contribution is 2.27. The predicted octanol–water partition coefficient (Wildman–Crippen LogP) is 6.50. The van der Waals surface area contributed by atoms with Gasteiger partial charge in [-0.15, -0.1) is 0 Å². The largest absolute Gasteiger partial charge is 0.497 e. The van der Waals surface area contributed by atoms with Gasteiger partial charge in [-0.3, -0.25) is 0 Å². The second kappa shape index (κ2) is 16.0. The Bertz CT molecular complexity index is 766. The van der Waals surface area contributed by atoms with Gasteiger partial charge in [-0.1, -0.05) is 42.9 Å². The Morgan fingerprint density at radius 1 is 1.06 bits per heavy atom. The number of hydrogen-bond donors (Lipinski definition) is 1. The van der Waals surface area contributed by atoms with E-state index in [0.717, 1.165) is 29.4 Å². The zero-order valence-corrected chi connectivity index (χ0v) is 23.7. The third-order valence-corrected chi connectivity index (χ3v) is 7.01. The van der Waals surface area contributed by atoms with Crippen LogP contribution in [0.5, 0.6) is 5.75 Å². The third kappa shape index (κ3) is 9.38. The molecule has 33 heavy (non-hydrogen) atoms. The van der Waals surface area contributed by atoms with Crippen LogP contribution < -0.4 is 4.74 Å². The molecule has 0 spiro atoms. The average molecular weight is 572 g/mol. The van der Waals surface area contributed by atoms with Crippen LogP contribution >= 0.6 is 22.6 Å². The lowest BCUT2D eigenvalue weighted by molar-refractivity contribution is 0.0303. The molecule has 0 bridgehead atoms. The Hall–Kier alpha value is -0.830. The van der Waals surface area contributed by atoms with Crippen molar-refractivity contribution >= 4 is 33.5 Å². The van der Waals surface area contributed by atoms with Crippen molar-refractivity contribution in [1.29, 1.82) is 0 Å². The zero-order valence-electron chi connectivity index (χ0n) is 21.5. The minimum atomic E-state index is 0.558. The van der Waals surface area contributed by atoms with Crippen molar-refractivity contribution < 1.29 is 9.47 Å². The Balaban J connectivity index is 0.000000218. The van der Waals surface area contributed by atoms with E-state index in [-0.39, 0.29) is 0 Å². The van der Waals surface area contributed by atoms with Crippen LogP contribution in [0, 0.1) is 0 Å². The number of halogens is 1. The van der Waals surface area contributed by atoms with Crippen molar-refractivity contribution in [3.05, 3.63) is 30.0 Å². The van der Waals surface area contributed by atoms with Crippen LogP contribution in [0.1, 0.15) is 64.4 Å². The highest BCUT2D eigenvalue weighted by atomic mass is 127. The lowest BCUT2D eigenvalue weighted by atomic mass is 9.91. The fourth-order valence-corrected chi connectivity index (χ4v) is 5.29. The van der Waals surface area contributed by atoms with E-state index in [1.807, 2.05) is 19.9 Å². The molecule has 2 heterocycles. The van der Waals surface area contributed by atoms with Gasteiger partial charge >= 0.3 is 0 Å². The maximum Gasteiger partial charge on any atom is 0.119 e. The van der Waals surface area contributed by atoms with E-state index >= 15 is 0 Å². The van der Waals surface area contributed by atoms with Gasteiger partial charge in [0.1, 0.15) is 5.75 Å². The molecule has 6 heteroatoms. The number of likely N-dealkylation sites (tertiary alicyclic amines) is 1. The molecule has 0 unspecified atom stereocenters. The SMILES string of the molecule is CC.COc1ccc2[nH]cc(CCN(C)C)c2c1.ICOC1CCC(N2CCCCC2)CC1. The number of methoxy groups -OCH3 is 1. The van der Waals surface area contributed by atoms with E-state index in [1.54, 1.807) is 7.11 Å². The first-order chi connectivity index (χ1) is 16.1. The molecule has 1 aliphatic carbocycles. The monoisotopic (exact) mass is 571 g/mol. The second-order valence-electron chi connectivity index (χ2n) is 9.08. The van der Waals surface area contributed by atoms with Gasteiger partial charge in [-0.2, -0.15) is 0 Å². The van der Waals surface area contributed by atoms with Crippen LogP contribution in [0.3, 0.4) is 0 Å². The summed E-state index contributed by atoms with van der Waals surface area (Å²) in [5, 5.41) is 1.27. The molecule has 1 saturated heterocycles. The summed E-state index contributed by atoms with van der Waals surface area (Å²) in [6.45, 7) is 7.76. The number of nitrogens with zero attached hydrogens (tertiary/aromatic N) is 2. The predicted molar refractivity (Wildman–Crippen MR) is 150 cm³/mol. The fourth-order valence-electron chi connectivity index (χ4n) is 4.79. The van der Waals surface area contributed by atoms with Crippen LogP contribution in [0.2, 0.25) is 0 Å². The zero-order chi connectivity index (χ0) is 24.1. The highest BCUT2D eigenvalue weighted by Gasteiger charge is 2.26. The molecule has 5 nitrogen and oxygen atoms in total. The van der Waals surface area contributed by atoms with Crippen LogP contribution in [-0.4, -0.2) is 72.4 Å². The maximum absolute atomic E-state index is 5.69. The van der Waals surface area contributed by atoms with E-state index in [0.29, 0.717) is 6.10 Å². The number of benzene rings is 1. The molecule has 1 saturated carbocycles. The molecule has 2 aromatic rings. The van der Waals surface area contributed by atoms with E-state index in [9.17, 15) is 0 Å². The van der Waals surface area contributed by atoms with Gasteiger partial charge in [0.05, 0.1) is 17.8 Å². The van der Waals surface area contributed by atoms with Gasteiger partial charge in [0.2, 0.25) is 0 Å². The number of H-pyrrole nitrogens is 1. The number of likely N-dealkylation sites (N-methyl/N-ethyl adjacent to an activating group) is 1. The molecule has 0 amide bonds. The molecular formula is C27H46IN3O2. The Kier molecular flexibility index (Phi) is 13.7. The quantitative estimate of drug-likeness (QED) is 0.304. The van der Waals surface area contributed by atoms with Crippen molar-refractivity contribution in [2.75, 3.05) is 45.5 Å². The van der Waals surface area contributed by atoms with Crippen molar-refractivity contribution in [2.45, 2.75) is 77.4 Å². The van der Waals surface area contributed by atoms with Crippen molar-refractivity contribution in [1.82, 2.24) is 14.8 Å². The molecule has 2 fully saturated rings. The summed E-state index contributed by atoms with van der Waals surface area (Å²) in [7, 11) is 5.89.